The quantitative estimate of drug-likeness (QED) is 0.792. The van der Waals surface area contributed by atoms with Crippen molar-refractivity contribution >= 4 is 12.6 Å². The van der Waals surface area contributed by atoms with Gasteiger partial charge in [0.05, 0.1) is 6.61 Å². The lowest BCUT2D eigenvalue weighted by Gasteiger charge is -2.40. The third-order valence-corrected chi connectivity index (χ3v) is 4.72. The Hall–Kier alpha value is -0.630. The van der Waals surface area contributed by atoms with Crippen LogP contribution in [-0.4, -0.2) is 12.4 Å². The van der Waals surface area contributed by atoms with Gasteiger partial charge in [0, 0.05) is 5.41 Å². The highest BCUT2D eigenvalue weighted by Crippen LogP contribution is 2.42. The van der Waals surface area contributed by atoms with Gasteiger partial charge in [-0.2, -0.15) is 12.6 Å². The Balaban J connectivity index is 2.08. The lowest BCUT2D eigenvalue weighted by Crippen LogP contribution is -2.37. The summed E-state index contributed by atoms with van der Waals surface area (Å²) in [5, 5.41) is 0. The normalized spacial score (nSPS) is 17.6. The Morgan fingerprint density at radius 2 is 1.94 bits per heavy atom. The third kappa shape index (κ3) is 2.62. The van der Waals surface area contributed by atoms with E-state index in [0.29, 0.717) is 5.41 Å². The highest BCUT2D eigenvalue weighted by Gasteiger charge is 2.36. The molecule has 1 fully saturated rings. The molecule has 0 spiro atoms. The first-order valence-corrected chi connectivity index (χ1v) is 7.01. The molecule has 17 heavy (non-hydrogen) atoms. The van der Waals surface area contributed by atoms with Crippen LogP contribution in [0, 0.1) is 26.2 Å². The number of benzene rings is 1. The molecule has 2 heteroatoms. The highest BCUT2D eigenvalue weighted by molar-refractivity contribution is 7.80. The summed E-state index contributed by atoms with van der Waals surface area (Å²) in [5.74, 6) is 1.99. The summed E-state index contributed by atoms with van der Waals surface area (Å²) in [6, 6.07) is 4.35. The Labute approximate surface area is 110 Å². The minimum absolute atomic E-state index is 0.340. The molecule has 1 nitrogen and oxygen atoms in total. The van der Waals surface area contributed by atoms with Crippen molar-refractivity contribution in [1.82, 2.24) is 0 Å². The average molecular weight is 250 g/mol. The van der Waals surface area contributed by atoms with E-state index in [1.54, 1.807) is 0 Å². The fourth-order valence-electron chi connectivity index (χ4n) is 2.41. The van der Waals surface area contributed by atoms with Crippen molar-refractivity contribution in [2.24, 2.45) is 5.41 Å². The highest BCUT2D eigenvalue weighted by atomic mass is 32.1. The summed E-state index contributed by atoms with van der Waals surface area (Å²) in [5.41, 5.74) is 4.20. The zero-order chi connectivity index (χ0) is 12.5. The van der Waals surface area contributed by atoms with Gasteiger partial charge >= 0.3 is 0 Å². The lowest BCUT2D eigenvalue weighted by atomic mass is 9.71. The predicted octanol–water partition coefficient (Wildman–Crippen LogP) is 4.09. The fraction of sp³-hybridized carbons (Fsp3) is 0.600. The molecule has 1 saturated carbocycles. The Morgan fingerprint density at radius 3 is 2.47 bits per heavy atom. The van der Waals surface area contributed by atoms with Crippen LogP contribution in [0.5, 0.6) is 5.75 Å². The Kier molecular flexibility index (Phi) is 3.72. The summed E-state index contributed by atoms with van der Waals surface area (Å²) in [4.78, 5) is 0. The molecular formula is C15H22OS. The summed E-state index contributed by atoms with van der Waals surface area (Å²) >= 11 is 4.47. The molecule has 1 aliphatic carbocycles. The number of aryl methyl sites for hydroxylation is 2. The number of thiol groups is 1. The molecule has 0 aliphatic heterocycles. The van der Waals surface area contributed by atoms with E-state index >= 15 is 0 Å². The number of hydrogen-bond donors (Lipinski definition) is 1. The molecule has 0 atom stereocenters. The first-order valence-electron chi connectivity index (χ1n) is 6.38. The Morgan fingerprint density at radius 1 is 1.24 bits per heavy atom. The maximum Gasteiger partial charge on any atom is 0.122 e. The summed E-state index contributed by atoms with van der Waals surface area (Å²) in [6.45, 7) is 7.22. The first kappa shape index (κ1) is 12.8. The van der Waals surface area contributed by atoms with Crippen LogP contribution in [0.2, 0.25) is 0 Å². The van der Waals surface area contributed by atoms with Gasteiger partial charge in [-0.1, -0.05) is 12.5 Å². The van der Waals surface area contributed by atoms with E-state index in [-0.39, 0.29) is 0 Å². The molecule has 0 aromatic heterocycles. The second-order valence-corrected chi connectivity index (χ2v) is 5.82. The zero-order valence-corrected chi connectivity index (χ0v) is 11.9. The van der Waals surface area contributed by atoms with Crippen molar-refractivity contribution < 1.29 is 4.74 Å². The van der Waals surface area contributed by atoms with Gasteiger partial charge in [0.2, 0.25) is 0 Å². The fourth-order valence-corrected chi connectivity index (χ4v) is 2.81. The number of rotatable bonds is 4. The van der Waals surface area contributed by atoms with Crippen molar-refractivity contribution in [3.05, 3.63) is 28.8 Å². The summed E-state index contributed by atoms with van der Waals surface area (Å²) in [7, 11) is 0. The number of hydrogen-bond acceptors (Lipinski definition) is 2. The molecule has 94 valence electrons. The second-order valence-electron chi connectivity index (χ2n) is 5.51. The van der Waals surface area contributed by atoms with E-state index in [4.69, 9.17) is 4.74 Å². The standard InChI is InChI=1S/C15H22OS/c1-11-7-12(2)13(3)14(8-11)16-9-15(10-17)5-4-6-15/h7-8,17H,4-6,9-10H2,1-3H3. The van der Waals surface area contributed by atoms with Crippen LogP contribution < -0.4 is 4.74 Å². The largest absolute Gasteiger partial charge is 0.493 e. The third-order valence-electron chi connectivity index (χ3n) is 4.05. The molecule has 0 unspecified atom stereocenters. The van der Waals surface area contributed by atoms with Crippen LogP contribution in [-0.2, 0) is 0 Å². The van der Waals surface area contributed by atoms with Crippen molar-refractivity contribution in [3.63, 3.8) is 0 Å². The number of ether oxygens (including phenoxy) is 1. The van der Waals surface area contributed by atoms with E-state index in [1.807, 2.05) is 0 Å². The van der Waals surface area contributed by atoms with Crippen LogP contribution in [0.1, 0.15) is 36.0 Å². The van der Waals surface area contributed by atoms with Crippen LogP contribution in [0.3, 0.4) is 0 Å². The van der Waals surface area contributed by atoms with Crippen LogP contribution >= 0.6 is 12.6 Å². The smallest absolute Gasteiger partial charge is 0.122 e. The van der Waals surface area contributed by atoms with Crippen LogP contribution in [0.25, 0.3) is 0 Å². The Bertz CT molecular complexity index is 402. The van der Waals surface area contributed by atoms with E-state index in [0.717, 1.165) is 18.1 Å². The van der Waals surface area contributed by atoms with Crippen LogP contribution in [0.15, 0.2) is 12.1 Å². The van der Waals surface area contributed by atoms with Gasteiger partial charge in [0.15, 0.2) is 0 Å². The molecule has 0 N–H and O–H groups in total. The van der Waals surface area contributed by atoms with Crippen molar-refractivity contribution in [3.8, 4) is 5.75 Å². The van der Waals surface area contributed by atoms with Gasteiger partial charge in [-0.15, -0.1) is 0 Å². The predicted molar refractivity (Wildman–Crippen MR) is 76.3 cm³/mol. The first-order chi connectivity index (χ1) is 8.06. The minimum atomic E-state index is 0.340. The van der Waals surface area contributed by atoms with Crippen LogP contribution in [0.4, 0.5) is 0 Å². The molecule has 0 amide bonds. The maximum absolute atomic E-state index is 6.05. The average Bonchev–Trinajstić information content (AvgIpc) is 2.23. The van der Waals surface area contributed by atoms with Gasteiger partial charge < -0.3 is 4.74 Å². The van der Waals surface area contributed by atoms with Crippen molar-refractivity contribution in [1.29, 1.82) is 0 Å². The van der Waals surface area contributed by atoms with Crippen molar-refractivity contribution in [2.45, 2.75) is 40.0 Å². The molecule has 2 rings (SSSR count). The molecule has 1 aliphatic rings. The van der Waals surface area contributed by atoms with E-state index in [2.05, 4.69) is 45.5 Å². The monoisotopic (exact) mass is 250 g/mol. The molecule has 1 aromatic rings. The molecule has 0 heterocycles. The zero-order valence-electron chi connectivity index (χ0n) is 11.0. The van der Waals surface area contributed by atoms with Crippen molar-refractivity contribution in [2.75, 3.05) is 12.4 Å². The van der Waals surface area contributed by atoms with E-state index < -0.39 is 0 Å². The molecule has 1 aromatic carbocycles. The van der Waals surface area contributed by atoms with Gasteiger partial charge in [0.1, 0.15) is 5.75 Å². The minimum Gasteiger partial charge on any atom is -0.493 e. The van der Waals surface area contributed by atoms with E-state index in [1.165, 1.54) is 36.0 Å². The molecular weight excluding hydrogens is 228 g/mol. The van der Waals surface area contributed by atoms with Gasteiger partial charge in [-0.25, -0.2) is 0 Å². The molecule has 0 bridgehead atoms. The molecule has 0 saturated heterocycles. The lowest BCUT2D eigenvalue weighted by molar-refractivity contribution is 0.0825. The summed E-state index contributed by atoms with van der Waals surface area (Å²) in [6.07, 6.45) is 3.86. The van der Waals surface area contributed by atoms with Gasteiger partial charge in [0.25, 0.3) is 0 Å². The van der Waals surface area contributed by atoms with E-state index in [9.17, 15) is 0 Å². The molecule has 0 radical (unpaired) electrons. The topological polar surface area (TPSA) is 9.23 Å². The second kappa shape index (κ2) is 4.93. The van der Waals surface area contributed by atoms with Gasteiger partial charge in [-0.05, 0) is 62.1 Å². The summed E-state index contributed by atoms with van der Waals surface area (Å²) < 4.78 is 6.05. The van der Waals surface area contributed by atoms with Gasteiger partial charge in [-0.3, -0.25) is 0 Å². The maximum atomic E-state index is 6.05. The SMILES string of the molecule is Cc1cc(C)c(C)c(OCC2(CS)CCC2)c1.